The first-order chi connectivity index (χ1) is 6.43. The molecule has 2 N–H and O–H groups in total. The third-order valence-corrected chi connectivity index (χ3v) is 1.99. The summed E-state index contributed by atoms with van der Waals surface area (Å²) in [6, 6.07) is -0.0624. The molecule has 1 atom stereocenters. The summed E-state index contributed by atoms with van der Waals surface area (Å²) in [7, 11) is 0. The second-order valence-electron chi connectivity index (χ2n) is 3.44. The lowest BCUT2D eigenvalue weighted by molar-refractivity contribution is -0.386. The van der Waals surface area contributed by atoms with Gasteiger partial charge in [-0.25, -0.2) is 0 Å². The highest BCUT2D eigenvalue weighted by molar-refractivity contribution is 5.39. The molecule has 78 valence electrons. The Morgan fingerprint density at radius 1 is 1.64 bits per heavy atom. The van der Waals surface area contributed by atoms with E-state index in [1.807, 2.05) is 6.92 Å². The van der Waals surface area contributed by atoms with Gasteiger partial charge in [-0.2, -0.15) is 5.10 Å². The summed E-state index contributed by atoms with van der Waals surface area (Å²) in [6.45, 7) is 5.64. The van der Waals surface area contributed by atoms with Crippen molar-refractivity contribution in [1.29, 1.82) is 0 Å². The number of aromatic nitrogens is 2. The second-order valence-corrected chi connectivity index (χ2v) is 3.44. The van der Waals surface area contributed by atoms with Gasteiger partial charge in [-0.3, -0.25) is 14.8 Å². The SMILES string of the molecule is Cc1nn(CC(C)N)c(C)c1[N+](=O)[O-]. The number of hydrogen-bond donors (Lipinski definition) is 1. The van der Waals surface area contributed by atoms with E-state index in [2.05, 4.69) is 5.10 Å². The van der Waals surface area contributed by atoms with Gasteiger partial charge in [0, 0.05) is 6.04 Å². The molecule has 0 aliphatic rings. The Labute approximate surface area is 81.9 Å². The number of nitro groups is 1. The van der Waals surface area contributed by atoms with Gasteiger partial charge in [0.25, 0.3) is 0 Å². The fourth-order valence-electron chi connectivity index (χ4n) is 1.40. The Balaban J connectivity index is 3.10. The number of aryl methyl sites for hydroxylation is 1. The normalized spacial score (nSPS) is 12.9. The molecule has 0 aliphatic heterocycles. The molecule has 0 bridgehead atoms. The highest BCUT2D eigenvalue weighted by Crippen LogP contribution is 2.21. The van der Waals surface area contributed by atoms with E-state index < -0.39 is 4.92 Å². The predicted octanol–water partition coefficient (Wildman–Crippen LogP) is 0.755. The van der Waals surface area contributed by atoms with Gasteiger partial charge >= 0.3 is 5.69 Å². The van der Waals surface area contributed by atoms with E-state index in [-0.39, 0.29) is 11.7 Å². The molecular formula is C8H14N4O2. The Kier molecular flexibility index (Phi) is 2.85. The van der Waals surface area contributed by atoms with Crippen molar-refractivity contribution in [2.75, 3.05) is 0 Å². The van der Waals surface area contributed by atoms with Gasteiger partial charge in [-0.15, -0.1) is 0 Å². The zero-order valence-corrected chi connectivity index (χ0v) is 8.52. The molecule has 6 nitrogen and oxygen atoms in total. The van der Waals surface area contributed by atoms with Gasteiger partial charge in [0.15, 0.2) is 0 Å². The van der Waals surface area contributed by atoms with Gasteiger partial charge in [0.05, 0.1) is 11.5 Å². The minimum Gasteiger partial charge on any atom is -0.326 e. The molecular weight excluding hydrogens is 184 g/mol. The first kappa shape index (κ1) is 10.6. The van der Waals surface area contributed by atoms with Crippen LogP contribution in [-0.4, -0.2) is 20.7 Å². The Hall–Kier alpha value is -1.43. The summed E-state index contributed by atoms with van der Waals surface area (Å²) in [5.41, 5.74) is 6.68. The molecule has 1 unspecified atom stereocenters. The first-order valence-corrected chi connectivity index (χ1v) is 4.37. The number of rotatable bonds is 3. The third-order valence-electron chi connectivity index (χ3n) is 1.99. The highest BCUT2D eigenvalue weighted by atomic mass is 16.6. The van der Waals surface area contributed by atoms with Crippen LogP contribution in [0.5, 0.6) is 0 Å². The van der Waals surface area contributed by atoms with E-state index in [0.717, 1.165) is 0 Å². The largest absolute Gasteiger partial charge is 0.326 e. The van der Waals surface area contributed by atoms with Gasteiger partial charge < -0.3 is 5.73 Å². The molecule has 0 aliphatic carbocycles. The smallest absolute Gasteiger partial charge is 0.312 e. The standard InChI is InChI=1S/C8H14N4O2/c1-5(9)4-11-7(3)8(12(13)14)6(2)10-11/h5H,4,9H2,1-3H3. The molecule has 0 saturated heterocycles. The molecule has 0 fully saturated rings. The summed E-state index contributed by atoms with van der Waals surface area (Å²) >= 11 is 0. The van der Waals surface area contributed by atoms with Crippen LogP contribution in [0.3, 0.4) is 0 Å². The molecule has 1 aromatic rings. The van der Waals surface area contributed by atoms with Gasteiger partial charge in [-0.1, -0.05) is 0 Å². The van der Waals surface area contributed by atoms with Crippen LogP contribution in [-0.2, 0) is 6.54 Å². The minimum absolute atomic E-state index is 0.0624. The van der Waals surface area contributed by atoms with Crippen molar-refractivity contribution in [2.45, 2.75) is 33.4 Å². The molecule has 0 aromatic carbocycles. The maximum absolute atomic E-state index is 10.7. The summed E-state index contributed by atoms with van der Waals surface area (Å²) in [5.74, 6) is 0. The average Bonchev–Trinajstić information content (AvgIpc) is 2.25. The second kappa shape index (κ2) is 3.75. The number of nitrogens with two attached hydrogens (primary N) is 1. The van der Waals surface area contributed by atoms with Crippen LogP contribution in [0.1, 0.15) is 18.3 Å². The third kappa shape index (κ3) is 1.90. The molecule has 0 saturated carbocycles. The van der Waals surface area contributed by atoms with Crippen molar-refractivity contribution in [3.63, 3.8) is 0 Å². The fraction of sp³-hybridized carbons (Fsp3) is 0.625. The Morgan fingerprint density at radius 2 is 2.21 bits per heavy atom. The summed E-state index contributed by atoms with van der Waals surface area (Å²) in [4.78, 5) is 10.3. The van der Waals surface area contributed by atoms with Crippen molar-refractivity contribution in [3.05, 3.63) is 21.5 Å². The molecule has 1 aromatic heterocycles. The zero-order valence-electron chi connectivity index (χ0n) is 8.52. The average molecular weight is 198 g/mol. The lowest BCUT2D eigenvalue weighted by Gasteiger charge is -2.05. The van der Waals surface area contributed by atoms with E-state index >= 15 is 0 Å². The van der Waals surface area contributed by atoms with Gasteiger partial charge in [0.2, 0.25) is 0 Å². The van der Waals surface area contributed by atoms with E-state index in [0.29, 0.717) is 17.9 Å². The number of nitrogens with zero attached hydrogens (tertiary/aromatic N) is 3. The lowest BCUT2D eigenvalue weighted by atomic mass is 10.3. The molecule has 14 heavy (non-hydrogen) atoms. The van der Waals surface area contributed by atoms with Crippen LogP contribution >= 0.6 is 0 Å². The predicted molar refractivity (Wildman–Crippen MR) is 52.0 cm³/mol. The molecule has 1 heterocycles. The first-order valence-electron chi connectivity index (χ1n) is 4.37. The number of hydrogen-bond acceptors (Lipinski definition) is 4. The minimum atomic E-state index is -0.407. The van der Waals surface area contributed by atoms with E-state index in [9.17, 15) is 10.1 Å². The van der Waals surface area contributed by atoms with Crippen LogP contribution in [0, 0.1) is 24.0 Å². The molecule has 0 amide bonds. The van der Waals surface area contributed by atoms with Gasteiger partial charge in [0.1, 0.15) is 11.4 Å². The van der Waals surface area contributed by atoms with Crippen molar-refractivity contribution < 1.29 is 4.92 Å². The maximum Gasteiger partial charge on any atom is 0.312 e. The van der Waals surface area contributed by atoms with E-state index in [4.69, 9.17) is 5.73 Å². The lowest BCUT2D eigenvalue weighted by Crippen LogP contribution is -2.23. The summed E-state index contributed by atoms with van der Waals surface area (Å²) in [6.07, 6.45) is 0. The topological polar surface area (TPSA) is 87.0 Å². The van der Waals surface area contributed by atoms with Crippen LogP contribution < -0.4 is 5.73 Å². The molecule has 6 heteroatoms. The van der Waals surface area contributed by atoms with Crippen LogP contribution in [0.25, 0.3) is 0 Å². The quantitative estimate of drug-likeness (QED) is 0.573. The Morgan fingerprint density at radius 3 is 2.57 bits per heavy atom. The van der Waals surface area contributed by atoms with Crippen molar-refractivity contribution in [1.82, 2.24) is 9.78 Å². The van der Waals surface area contributed by atoms with Crippen molar-refractivity contribution in [3.8, 4) is 0 Å². The van der Waals surface area contributed by atoms with E-state index in [1.165, 1.54) is 0 Å². The van der Waals surface area contributed by atoms with Crippen molar-refractivity contribution >= 4 is 5.69 Å². The van der Waals surface area contributed by atoms with Gasteiger partial charge in [-0.05, 0) is 20.8 Å². The fourth-order valence-corrected chi connectivity index (χ4v) is 1.40. The molecule has 0 radical (unpaired) electrons. The van der Waals surface area contributed by atoms with Crippen LogP contribution in [0.4, 0.5) is 5.69 Å². The van der Waals surface area contributed by atoms with Crippen LogP contribution in [0.15, 0.2) is 0 Å². The van der Waals surface area contributed by atoms with E-state index in [1.54, 1.807) is 18.5 Å². The molecule has 1 rings (SSSR count). The molecule has 0 spiro atoms. The Bertz CT molecular complexity index is 356. The monoisotopic (exact) mass is 198 g/mol. The highest BCUT2D eigenvalue weighted by Gasteiger charge is 2.21. The summed E-state index contributed by atoms with van der Waals surface area (Å²) < 4.78 is 1.58. The maximum atomic E-state index is 10.7. The summed E-state index contributed by atoms with van der Waals surface area (Å²) in [5, 5.41) is 14.7. The zero-order chi connectivity index (χ0) is 10.9. The van der Waals surface area contributed by atoms with Crippen LogP contribution in [0.2, 0.25) is 0 Å². The van der Waals surface area contributed by atoms with Crippen molar-refractivity contribution in [2.24, 2.45) is 5.73 Å².